The molecule has 0 aromatic carbocycles. The Balaban J connectivity index is 1.96. The quantitative estimate of drug-likeness (QED) is 0.757. The summed E-state index contributed by atoms with van der Waals surface area (Å²) in [6.07, 6.45) is 1.48. The molecular formula is C12H15N5O2. The predicted octanol–water partition coefficient (Wildman–Crippen LogP) is 1.43. The summed E-state index contributed by atoms with van der Waals surface area (Å²) in [6.45, 7) is 5.62. The monoisotopic (exact) mass is 261 g/mol. The number of pyridine rings is 1. The third kappa shape index (κ3) is 3.34. The van der Waals surface area contributed by atoms with E-state index in [1.54, 1.807) is 12.1 Å². The lowest BCUT2D eigenvalue weighted by atomic mass is 10.2. The first-order chi connectivity index (χ1) is 9.06. The van der Waals surface area contributed by atoms with E-state index in [0.717, 1.165) is 0 Å². The number of Topliss-reactive ketones (excluding diaryl/α,β-unsaturated/α-hetero) is 1. The lowest BCUT2D eigenvalue weighted by molar-refractivity contribution is 0.101. The van der Waals surface area contributed by atoms with Crippen LogP contribution in [0.3, 0.4) is 0 Å². The zero-order valence-corrected chi connectivity index (χ0v) is 11.1. The molecule has 0 amide bonds. The van der Waals surface area contributed by atoms with Gasteiger partial charge in [-0.1, -0.05) is 0 Å². The number of tetrazole rings is 1. The van der Waals surface area contributed by atoms with Gasteiger partial charge in [-0.2, -0.15) is 4.80 Å². The minimum absolute atomic E-state index is 0.0272. The lowest BCUT2D eigenvalue weighted by Crippen LogP contribution is -2.06. The number of aromatic nitrogens is 5. The van der Waals surface area contributed by atoms with E-state index in [1.807, 2.05) is 13.8 Å². The van der Waals surface area contributed by atoms with E-state index in [1.165, 1.54) is 17.9 Å². The lowest BCUT2D eigenvalue weighted by Gasteiger charge is -2.02. The SMILES string of the molecule is CC(=O)c1ccc(OCc2nnn(C(C)C)n2)nc1. The summed E-state index contributed by atoms with van der Waals surface area (Å²) in [5.41, 5.74) is 0.552. The molecule has 7 nitrogen and oxygen atoms in total. The van der Waals surface area contributed by atoms with E-state index in [2.05, 4.69) is 20.4 Å². The third-order valence-electron chi connectivity index (χ3n) is 2.42. The van der Waals surface area contributed by atoms with Crippen molar-refractivity contribution in [1.82, 2.24) is 25.2 Å². The van der Waals surface area contributed by atoms with Crippen molar-refractivity contribution >= 4 is 5.78 Å². The van der Waals surface area contributed by atoms with Crippen molar-refractivity contribution in [2.45, 2.75) is 33.4 Å². The Morgan fingerprint density at radius 1 is 1.42 bits per heavy atom. The first kappa shape index (κ1) is 13.1. The van der Waals surface area contributed by atoms with E-state index < -0.39 is 0 Å². The van der Waals surface area contributed by atoms with Gasteiger partial charge in [0.05, 0.1) is 6.04 Å². The van der Waals surface area contributed by atoms with Crippen LogP contribution in [0.25, 0.3) is 0 Å². The standard InChI is InChI=1S/C12H15N5O2/c1-8(2)17-15-11(14-16-17)7-19-12-5-4-10(6-13-12)9(3)18/h4-6,8H,7H2,1-3H3. The topological polar surface area (TPSA) is 82.8 Å². The van der Waals surface area contributed by atoms with Gasteiger partial charge in [-0.3, -0.25) is 4.79 Å². The van der Waals surface area contributed by atoms with Crippen LogP contribution < -0.4 is 4.74 Å². The van der Waals surface area contributed by atoms with Crippen molar-refractivity contribution in [3.8, 4) is 5.88 Å². The minimum atomic E-state index is -0.0272. The zero-order chi connectivity index (χ0) is 13.8. The highest BCUT2D eigenvalue weighted by Crippen LogP contribution is 2.09. The fourth-order valence-electron chi connectivity index (χ4n) is 1.34. The van der Waals surface area contributed by atoms with Crippen LogP contribution in [0.2, 0.25) is 0 Å². The predicted molar refractivity (Wildman–Crippen MR) is 66.8 cm³/mol. The number of nitrogens with zero attached hydrogens (tertiary/aromatic N) is 5. The molecule has 2 rings (SSSR count). The molecule has 0 atom stereocenters. The molecule has 2 heterocycles. The molecule has 0 saturated carbocycles. The molecule has 7 heteroatoms. The van der Waals surface area contributed by atoms with Crippen LogP contribution >= 0.6 is 0 Å². The van der Waals surface area contributed by atoms with Crippen molar-refractivity contribution in [1.29, 1.82) is 0 Å². The van der Waals surface area contributed by atoms with E-state index in [-0.39, 0.29) is 18.4 Å². The van der Waals surface area contributed by atoms with Gasteiger partial charge >= 0.3 is 0 Å². The Labute approximate surface area is 110 Å². The Morgan fingerprint density at radius 2 is 2.21 bits per heavy atom. The molecule has 0 radical (unpaired) electrons. The maximum absolute atomic E-state index is 11.1. The van der Waals surface area contributed by atoms with Crippen LogP contribution in [-0.2, 0) is 6.61 Å². The number of carbonyl (C=O) groups is 1. The van der Waals surface area contributed by atoms with Crippen LogP contribution in [0.15, 0.2) is 18.3 Å². The molecule has 2 aromatic rings. The van der Waals surface area contributed by atoms with Crippen LogP contribution in [0, 0.1) is 0 Å². The molecule has 0 spiro atoms. The second kappa shape index (κ2) is 5.55. The summed E-state index contributed by atoms with van der Waals surface area (Å²) >= 11 is 0. The summed E-state index contributed by atoms with van der Waals surface area (Å²) in [6, 6.07) is 3.47. The Kier molecular flexibility index (Phi) is 3.84. The number of ketones is 1. The molecular weight excluding hydrogens is 246 g/mol. The highest BCUT2D eigenvalue weighted by Gasteiger charge is 2.07. The molecule has 2 aromatic heterocycles. The van der Waals surface area contributed by atoms with Crippen LogP contribution in [0.4, 0.5) is 0 Å². The Hall–Kier alpha value is -2.31. The van der Waals surface area contributed by atoms with Gasteiger partial charge in [0, 0.05) is 17.8 Å². The fourth-order valence-corrected chi connectivity index (χ4v) is 1.34. The van der Waals surface area contributed by atoms with Crippen molar-refractivity contribution in [3.05, 3.63) is 29.7 Å². The minimum Gasteiger partial charge on any atom is -0.469 e. The molecule has 0 aliphatic rings. The normalized spacial score (nSPS) is 10.7. The molecule has 0 bridgehead atoms. The number of carbonyl (C=O) groups excluding carboxylic acids is 1. The number of hydrogen-bond donors (Lipinski definition) is 0. The van der Waals surface area contributed by atoms with Gasteiger partial charge in [0.15, 0.2) is 12.4 Å². The number of rotatable bonds is 5. The molecule has 0 aliphatic heterocycles. The van der Waals surface area contributed by atoms with Crippen molar-refractivity contribution in [3.63, 3.8) is 0 Å². The molecule has 100 valence electrons. The smallest absolute Gasteiger partial charge is 0.213 e. The van der Waals surface area contributed by atoms with Crippen molar-refractivity contribution < 1.29 is 9.53 Å². The van der Waals surface area contributed by atoms with Gasteiger partial charge in [-0.15, -0.1) is 10.2 Å². The first-order valence-electron chi connectivity index (χ1n) is 5.94. The van der Waals surface area contributed by atoms with E-state index in [0.29, 0.717) is 17.3 Å². The molecule has 19 heavy (non-hydrogen) atoms. The summed E-state index contributed by atoms with van der Waals surface area (Å²) in [5, 5.41) is 11.9. The number of hydrogen-bond acceptors (Lipinski definition) is 6. The molecule has 0 N–H and O–H groups in total. The van der Waals surface area contributed by atoms with E-state index >= 15 is 0 Å². The van der Waals surface area contributed by atoms with Gasteiger partial charge in [-0.05, 0) is 32.1 Å². The molecule has 0 aliphatic carbocycles. The second-order valence-electron chi connectivity index (χ2n) is 4.35. The third-order valence-corrected chi connectivity index (χ3v) is 2.42. The number of ether oxygens (including phenoxy) is 1. The van der Waals surface area contributed by atoms with Gasteiger partial charge in [0.1, 0.15) is 0 Å². The van der Waals surface area contributed by atoms with E-state index in [4.69, 9.17) is 4.74 Å². The molecule has 0 saturated heterocycles. The summed E-state index contributed by atoms with van der Waals surface area (Å²) in [7, 11) is 0. The van der Waals surface area contributed by atoms with Gasteiger partial charge in [0.25, 0.3) is 0 Å². The van der Waals surface area contributed by atoms with Crippen molar-refractivity contribution in [2.24, 2.45) is 0 Å². The van der Waals surface area contributed by atoms with Crippen LogP contribution in [0.5, 0.6) is 5.88 Å². The van der Waals surface area contributed by atoms with Gasteiger partial charge in [-0.25, -0.2) is 4.98 Å². The van der Waals surface area contributed by atoms with Crippen molar-refractivity contribution in [2.75, 3.05) is 0 Å². The maximum atomic E-state index is 11.1. The van der Waals surface area contributed by atoms with Crippen LogP contribution in [-0.4, -0.2) is 31.0 Å². The van der Waals surface area contributed by atoms with Gasteiger partial charge < -0.3 is 4.74 Å². The Bertz CT molecular complexity index is 562. The van der Waals surface area contributed by atoms with E-state index in [9.17, 15) is 4.79 Å². The van der Waals surface area contributed by atoms with Gasteiger partial charge in [0.2, 0.25) is 11.7 Å². The molecule has 0 fully saturated rings. The maximum Gasteiger partial charge on any atom is 0.213 e. The average molecular weight is 261 g/mol. The highest BCUT2D eigenvalue weighted by molar-refractivity contribution is 5.93. The highest BCUT2D eigenvalue weighted by atomic mass is 16.5. The zero-order valence-electron chi connectivity index (χ0n) is 11.1. The fraction of sp³-hybridized carbons (Fsp3) is 0.417. The first-order valence-corrected chi connectivity index (χ1v) is 5.94. The average Bonchev–Trinajstić information content (AvgIpc) is 2.86. The second-order valence-corrected chi connectivity index (χ2v) is 4.35. The summed E-state index contributed by atoms with van der Waals surface area (Å²) in [4.78, 5) is 16.6. The molecule has 0 unspecified atom stereocenters. The summed E-state index contributed by atoms with van der Waals surface area (Å²) in [5.74, 6) is 0.887. The largest absolute Gasteiger partial charge is 0.469 e. The summed E-state index contributed by atoms with van der Waals surface area (Å²) < 4.78 is 5.42. The van der Waals surface area contributed by atoms with Crippen LogP contribution in [0.1, 0.15) is 43.0 Å². The Morgan fingerprint density at radius 3 is 2.74 bits per heavy atom.